The summed E-state index contributed by atoms with van der Waals surface area (Å²) in [6, 6.07) is 16.2. The Kier molecular flexibility index (Phi) is 5.62. The van der Waals surface area contributed by atoms with Crippen LogP contribution in [0.2, 0.25) is 0 Å². The largest absolute Gasteiger partial charge is 0.351 e. The number of rotatable bonds is 6. The zero-order valence-corrected chi connectivity index (χ0v) is 11.8. The van der Waals surface area contributed by atoms with Crippen molar-refractivity contribution in [1.29, 1.82) is 0 Å². The van der Waals surface area contributed by atoms with Crippen LogP contribution in [0.15, 0.2) is 54.6 Å². The molecule has 2 nitrogen and oxygen atoms in total. The number of carbonyl (C=O) groups is 1. The summed E-state index contributed by atoms with van der Waals surface area (Å²) in [5.74, 6) is 0.872. The predicted molar refractivity (Wildman–Crippen MR) is 81.3 cm³/mol. The normalized spacial score (nSPS) is 10.2. The first-order valence-electron chi connectivity index (χ1n) is 6.42. The first-order chi connectivity index (χ1) is 9.77. The van der Waals surface area contributed by atoms with Gasteiger partial charge in [-0.1, -0.05) is 42.5 Å². The molecule has 0 heterocycles. The van der Waals surface area contributed by atoms with Gasteiger partial charge >= 0.3 is 0 Å². The number of benzene rings is 2. The van der Waals surface area contributed by atoms with E-state index in [-0.39, 0.29) is 11.5 Å². The molecule has 0 saturated heterocycles. The summed E-state index contributed by atoms with van der Waals surface area (Å²) >= 11 is 1.74. The van der Waals surface area contributed by atoms with E-state index in [0.717, 1.165) is 11.5 Å². The van der Waals surface area contributed by atoms with Gasteiger partial charge in [-0.05, 0) is 17.7 Å². The van der Waals surface area contributed by atoms with Crippen molar-refractivity contribution in [3.63, 3.8) is 0 Å². The highest BCUT2D eigenvalue weighted by atomic mass is 32.2. The van der Waals surface area contributed by atoms with Crippen LogP contribution >= 0.6 is 11.8 Å². The molecule has 0 radical (unpaired) electrons. The minimum absolute atomic E-state index is 0.0977. The Morgan fingerprint density at radius 1 is 1.05 bits per heavy atom. The van der Waals surface area contributed by atoms with Crippen molar-refractivity contribution in [3.8, 4) is 0 Å². The fourth-order valence-corrected chi connectivity index (χ4v) is 2.56. The molecule has 2 aromatic rings. The summed E-state index contributed by atoms with van der Waals surface area (Å²) in [7, 11) is 0. The zero-order valence-electron chi connectivity index (χ0n) is 11.0. The molecule has 0 spiro atoms. The van der Waals surface area contributed by atoms with Crippen LogP contribution in [-0.4, -0.2) is 18.2 Å². The highest BCUT2D eigenvalue weighted by Gasteiger charge is 2.09. The molecular weight excluding hydrogens is 273 g/mol. The van der Waals surface area contributed by atoms with Gasteiger partial charge in [0, 0.05) is 18.1 Å². The number of carbonyl (C=O) groups excluding carboxylic acids is 1. The molecular formula is C16H16FNOS. The fourth-order valence-electron chi connectivity index (χ4n) is 1.74. The van der Waals surface area contributed by atoms with Gasteiger partial charge < -0.3 is 5.32 Å². The monoisotopic (exact) mass is 289 g/mol. The van der Waals surface area contributed by atoms with Gasteiger partial charge in [-0.3, -0.25) is 4.79 Å². The quantitative estimate of drug-likeness (QED) is 0.825. The van der Waals surface area contributed by atoms with Gasteiger partial charge in [-0.2, -0.15) is 11.8 Å². The summed E-state index contributed by atoms with van der Waals surface area (Å²) in [5.41, 5.74) is 1.36. The average molecular weight is 289 g/mol. The zero-order chi connectivity index (χ0) is 14.2. The van der Waals surface area contributed by atoms with Crippen molar-refractivity contribution < 1.29 is 9.18 Å². The highest BCUT2D eigenvalue weighted by molar-refractivity contribution is 7.98. The third-order valence-corrected chi connectivity index (χ3v) is 3.79. The van der Waals surface area contributed by atoms with E-state index in [2.05, 4.69) is 17.4 Å². The van der Waals surface area contributed by atoms with Gasteiger partial charge in [0.25, 0.3) is 5.91 Å². The summed E-state index contributed by atoms with van der Waals surface area (Å²) in [6.07, 6.45) is 0. The second kappa shape index (κ2) is 7.70. The van der Waals surface area contributed by atoms with Gasteiger partial charge in [0.15, 0.2) is 0 Å². The number of nitrogens with one attached hydrogen (secondary N) is 1. The lowest BCUT2D eigenvalue weighted by Gasteiger charge is -2.06. The number of hydrogen-bond donors (Lipinski definition) is 1. The molecule has 0 fully saturated rings. The molecule has 0 aliphatic heterocycles. The Balaban J connectivity index is 1.69. The van der Waals surface area contributed by atoms with Crippen LogP contribution < -0.4 is 5.32 Å². The summed E-state index contributed by atoms with van der Waals surface area (Å²) in [4.78, 5) is 11.7. The number of halogens is 1. The van der Waals surface area contributed by atoms with Crippen molar-refractivity contribution >= 4 is 17.7 Å². The number of hydrogen-bond acceptors (Lipinski definition) is 2. The van der Waals surface area contributed by atoms with E-state index in [1.165, 1.54) is 17.7 Å². The first kappa shape index (κ1) is 14.6. The molecule has 0 bridgehead atoms. The van der Waals surface area contributed by atoms with Crippen molar-refractivity contribution in [2.45, 2.75) is 5.75 Å². The Bertz CT molecular complexity index is 559. The Morgan fingerprint density at radius 2 is 1.75 bits per heavy atom. The van der Waals surface area contributed by atoms with Gasteiger partial charge in [-0.15, -0.1) is 0 Å². The molecule has 1 amide bonds. The maximum Gasteiger partial charge on any atom is 0.254 e. The minimum Gasteiger partial charge on any atom is -0.351 e. The molecule has 0 aliphatic carbocycles. The second-order valence-corrected chi connectivity index (χ2v) is 5.38. The smallest absolute Gasteiger partial charge is 0.254 e. The Labute approximate surface area is 122 Å². The van der Waals surface area contributed by atoms with Gasteiger partial charge in [0.1, 0.15) is 5.82 Å². The summed E-state index contributed by atoms with van der Waals surface area (Å²) in [5, 5.41) is 2.73. The number of thioether (sulfide) groups is 1. The molecule has 2 rings (SSSR count). The van der Waals surface area contributed by atoms with E-state index in [9.17, 15) is 9.18 Å². The SMILES string of the molecule is O=C(NCCSCc1ccccc1)c1ccccc1F. The van der Waals surface area contributed by atoms with Crippen LogP contribution in [0.5, 0.6) is 0 Å². The maximum atomic E-state index is 13.4. The van der Waals surface area contributed by atoms with Crippen LogP contribution in [0, 0.1) is 5.82 Å². The van der Waals surface area contributed by atoms with Crippen LogP contribution in [0.1, 0.15) is 15.9 Å². The first-order valence-corrected chi connectivity index (χ1v) is 7.57. The van der Waals surface area contributed by atoms with Crippen LogP contribution in [0.3, 0.4) is 0 Å². The maximum absolute atomic E-state index is 13.4. The fraction of sp³-hybridized carbons (Fsp3) is 0.188. The van der Waals surface area contributed by atoms with Gasteiger partial charge in [-0.25, -0.2) is 4.39 Å². The molecule has 104 valence electrons. The molecule has 0 unspecified atom stereocenters. The minimum atomic E-state index is -0.484. The van der Waals surface area contributed by atoms with E-state index in [1.54, 1.807) is 23.9 Å². The summed E-state index contributed by atoms with van der Waals surface area (Å²) < 4.78 is 13.4. The lowest BCUT2D eigenvalue weighted by Crippen LogP contribution is -2.26. The molecule has 2 aromatic carbocycles. The molecule has 0 atom stereocenters. The number of amides is 1. The van der Waals surface area contributed by atoms with E-state index < -0.39 is 5.82 Å². The molecule has 1 N–H and O–H groups in total. The van der Waals surface area contributed by atoms with Crippen LogP contribution in [0.4, 0.5) is 4.39 Å². The molecule has 4 heteroatoms. The Morgan fingerprint density at radius 3 is 2.50 bits per heavy atom. The van der Waals surface area contributed by atoms with E-state index in [1.807, 2.05) is 18.2 Å². The lowest BCUT2D eigenvalue weighted by atomic mass is 10.2. The second-order valence-electron chi connectivity index (χ2n) is 4.27. The van der Waals surface area contributed by atoms with Crippen molar-refractivity contribution in [1.82, 2.24) is 5.32 Å². The van der Waals surface area contributed by atoms with Crippen molar-refractivity contribution in [3.05, 3.63) is 71.5 Å². The van der Waals surface area contributed by atoms with E-state index in [0.29, 0.717) is 6.54 Å². The lowest BCUT2D eigenvalue weighted by molar-refractivity contribution is 0.0952. The summed E-state index contributed by atoms with van der Waals surface area (Å²) in [6.45, 7) is 0.532. The van der Waals surface area contributed by atoms with Crippen molar-refractivity contribution in [2.75, 3.05) is 12.3 Å². The highest BCUT2D eigenvalue weighted by Crippen LogP contribution is 2.11. The third-order valence-electron chi connectivity index (χ3n) is 2.76. The average Bonchev–Trinajstić information content (AvgIpc) is 2.48. The van der Waals surface area contributed by atoms with Crippen LogP contribution in [-0.2, 0) is 5.75 Å². The molecule has 0 aliphatic rings. The third kappa shape index (κ3) is 4.38. The topological polar surface area (TPSA) is 29.1 Å². The van der Waals surface area contributed by atoms with E-state index >= 15 is 0 Å². The Hall–Kier alpha value is -1.81. The molecule has 0 saturated carbocycles. The molecule has 0 aromatic heterocycles. The molecule has 20 heavy (non-hydrogen) atoms. The van der Waals surface area contributed by atoms with E-state index in [4.69, 9.17) is 0 Å². The standard InChI is InChI=1S/C16H16FNOS/c17-15-9-5-4-8-14(15)16(19)18-10-11-20-12-13-6-2-1-3-7-13/h1-9H,10-12H2,(H,18,19). The predicted octanol–water partition coefficient (Wildman–Crippen LogP) is 3.49. The van der Waals surface area contributed by atoms with Crippen molar-refractivity contribution in [2.24, 2.45) is 0 Å². The van der Waals surface area contributed by atoms with Crippen LogP contribution in [0.25, 0.3) is 0 Å². The van der Waals surface area contributed by atoms with Gasteiger partial charge in [0.05, 0.1) is 5.56 Å². The van der Waals surface area contributed by atoms with Gasteiger partial charge in [0.2, 0.25) is 0 Å².